The van der Waals surface area contributed by atoms with Gasteiger partial charge in [0.15, 0.2) is 5.01 Å². The Kier molecular flexibility index (Phi) is 3.10. The molecule has 0 aromatic carbocycles. The molecule has 1 amide bonds. The van der Waals surface area contributed by atoms with Gasteiger partial charge in [-0.05, 0) is 20.8 Å². The van der Waals surface area contributed by atoms with Crippen molar-refractivity contribution >= 4 is 23.1 Å². The van der Waals surface area contributed by atoms with Crippen LogP contribution in [-0.2, 0) is 0 Å². The molecule has 0 bridgehead atoms. The fourth-order valence-electron chi connectivity index (χ4n) is 0.927. The second-order valence-electron chi connectivity index (χ2n) is 3.99. The molecule has 0 aliphatic carbocycles. The Hall–Kier alpha value is -1.10. The minimum absolute atomic E-state index is 0.0337. The third-order valence-corrected chi connectivity index (χ3v) is 2.27. The highest BCUT2D eigenvalue weighted by Gasteiger charge is 2.13. The number of rotatable bonds is 2. The van der Waals surface area contributed by atoms with E-state index in [2.05, 4.69) is 15.6 Å². The fourth-order valence-corrected chi connectivity index (χ4v) is 1.62. The summed E-state index contributed by atoms with van der Waals surface area (Å²) in [5.41, 5.74) is -0.0337. The maximum atomic E-state index is 11.2. The summed E-state index contributed by atoms with van der Waals surface area (Å²) >= 11 is 1.34. The van der Waals surface area contributed by atoms with Gasteiger partial charge in [0.1, 0.15) is 5.82 Å². The first-order valence-electron chi connectivity index (χ1n) is 4.38. The normalized spacial score (nSPS) is 11.1. The smallest absolute Gasteiger partial charge is 0.280 e. The van der Waals surface area contributed by atoms with Crippen molar-refractivity contribution in [3.05, 3.63) is 10.4 Å². The van der Waals surface area contributed by atoms with Gasteiger partial charge in [0.25, 0.3) is 5.91 Å². The number of aromatic nitrogens is 1. The topological polar surface area (TPSA) is 54.0 Å². The molecule has 0 aliphatic rings. The number of carbonyl (C=O) groups excluding carboxylic acids is 1. The first kappa shape index (κ1) is 11.0. The Balaban J connectivity index is 2.74. The standard InChI is InChI=1S/C9H15N3OS/c1-9(2,3)12-6-5-14-8(11-6)7(13)10-4/h5,12H,1-4H3,(H,10,13). The van der Waals surface area contributed by atoms with Gasteiger partial charge in [-0.15, -0.1) is 11.3 Å². The SMILES string of the molecule is CNC(=O)c1nc(NC(C)(C)C)cs1. The van der Waals surface area contributed by atoms with Crippen molar-refractivity contribution in [2.45, 2.75) is 26.3 Å². The molecule has 78 valence electrons. The monoisotopic (exact) mass is 213 g/mol. The summed E-state index contributed by atoms with van der Waals surface area (Å²) in [6.07, 6.45) is 0. The quantitative estimate of drug-likeness (QED) is 0.786. The number of nitrogens with one attached hydrogen (secondary N) is 2. The molecule has 1 aromatic rings. The van der Waals surface area contributed by atoms with Crippen molar-refractivity contribution in [1.29, 1.82) is 0 Å². The van der Waals surface area contributed by atoms with Gasteiger partial charge in [-0.25, -0.2) is 4.98 Å². The summed E-state index contributed by atoms with van der Waals surface area (Å²) in [6, 6.07) is 0. The zero-order valence-electron chi connectivity index (χ0n) is 8.84. The average molecular weight is 213 g/mol. The Labute approximate surface area is 87.7 Å². The van der Waals surface area contributed by atoms with Crippen molar-refractivity contribution in [3.8, 4) is 0 Å². The lowest BCUT2D eigenvalue weighted by atomic mass is 10.1. The van der Waals surface area contributed by atoms with Crippen LogP contribution in [0.3, 0.4) is 0 Å². The predicted molar refractivity (Wildman–Crippen MR) is 58.9 cm³/mol. The van der Waals surface area contributed by atoms with E-state index in [1.165, 1.54) is 11.3 Å². The number of anilines is 1. The van der Waals surface area contributed by atoms with Crippen LogP contribution in [0.15, 0.2) is 5.38 Å². The van der Waals surface area contributed by atoms with E-state index in [1.807, 2.05) is 26.2 Å². The largest absolute Gasteiger partial charge is 0.365 e. The highest BCUT2D eigenvalue weighted by Crippen LogP contribution is 2.17. The van der Waals surface area contributed by atoms with Gasteiger partial charge in [-0.2, -0.15) is 0 Å². The Morgan fingerprint density at radius 2 is 2.14 bits per heavy atom. The molecule has 1 aromatic heterocycles. The molecular formula is C9H15N3OS. The number of hydrogen-bond acceptors (Lipinski definition) is 4. The molecule has 0 saturated heterocycles. The summed E-state index contributed by atoms with van der Waals surface area (Å²) in [4.78, 5) is 15.4. The van der Waals surface area contributed by atoms with Crippen molar-refractivity contribution in [3.63, 3.8) is 0 Å². The second-order valence-corrected chi connectivity index (χ2v) is 4.85. The zero-order valence-corrected chi connectivity index (χ0v) is 9.66. The number of nitrogens with zero attached hydrogens (tertiary/aromatic N) is 1. The van der Waals surface area contributed by atoms with Crippen LogP contribution in [0.25, 0.3) is 0 Å². The Morgan fingerprint density at radius 3 is 2.64 bits per heavy atom. The van der Waals surface area contributed by atoms with Crippen LogP contribution in [0.2, 0.25) is 0 Å². The highest BCUT2D eigenvalue weighted by atomic mass is 32.1. The summed E-state index contributed by atoms with van der Waals surface area (Å²) < 4.78 is 0. The van der Waals surface area contributed by atoms with Crippen LogP contribution < -0.4 is 10.6 Å². The molecule has 0 fully saturated rings. The first-order chi connectivity index (χ1) is 6.42. The third kappa shape index (κ3) is 2.99. The molecule has 2 N–H and O–H groups in total. The summed E-state index contributed by atoms with van der Waals surface area (Å²) in [5, 5.41) is 8.07. The van der Waals surface area contributed by atoms with E-state index in [4.69, 9.17) is 0 Å². The van der Waals surface area contributed by atoms with E-state index in [0.717, 1.165) is 5.82 Å². The molecule has 14 heavy (non-hydrogen) atoms. The van der Waals surface area contributed by atoms with Gasteiger partial charge < -0.3 is 10.6 Å². The van der Waals surface area contributed by atoms with Crippen LogP contribution in [0.4, 0.5) is 5.82 Å². The number of amides is 1. The second kappa shape index (κ2) is 3.96. The van der Waals surface area contributed by atoms with E-state index < -0.39 is 0 Å². The first-order valence-corrected chi connectivity index (χ1v) is 5.26. The molecule has 0 saturated carbocycles. The molecule has 4 nitrogen and oxygen atoms in total. The molecule has 0 aliphatic heterocycles. The fraction of sp³-hybridized carbons (Fsp3) is 0.556. The highest BCUT2D eigenvalue weighted by molar-refractivity contribution is 7.12. The maximum absolute atomic E-state index is 11.2. The van der Waals surface area contributed by atoms with Crippen molar-refractivity contribution in [2.75, 3.05) is 12.4 Å². The van der Waals surface area contributed by atoms with Gasteiger partial charge in [0.05, 0.1) is 0 Å². The van der Waals surface area contributed by atoms with E-state index >= 15 is 0 Å². The maximum Gasteiger partial charge on any atom is 0.280 e. The van der Waals surface area contributed by atoms with Crippen LogP contribution in [-0.4, -0.2) is 23.5 Å². The number of thiazole rings is 1. The van der Waals surface area contributed by atoms with Crippen molar-refractivity contribution in [2.24, 2.45) is 0 Å². The van der Waals surface area contributed by atoms with Crippen LogP contribution in [0.1, 0.15) is 30.6 Å². The summed E-state index contributed by atoms with van der Waals surface area (Å²) in [6.45, 7) is 6.14. The molecule has 1 rings (SSSR count). The predicted octanol–water partition coefficient (Wildman–Crippen LogP) is 1.71. The zero-order chi connectivity index (χ0) is 10.8. The van der Waals surface area contributed by atoms with Gasteiger partial charge >= 0.3 is 0 Å². The van der Waals surface area contributed by atoms with Crippen LogP contribution >= 0.6 is 11.3 Å². The number of hydrogen-bond donors (Lipinski definition) is 2. The molecule has 0 unspecified atom stereocenters. The van der Waals surface area contributed by atoms with Crippen LogP contribution in [0.5, 0.6) is 0 Å². The third-order valence-electron chi connectivity index (χ3n) is 1.43. The lowest BCUT2D eigenvalue weighted by Gasteiger charge is -2.19. The molecule has 0 atom stereocenters. The van der Waals surface area contributed by atoms with Gasteiger partial charge in [0.2, 0.25) is 0 Å². The van der Waals surface area contributed by atoms with E-state index in [9.17, 15) is 4.79 Å². The summed E-state index contributed by atoms with van der Waals surface area (Å²) in [5.74, 6) is 0.609. The molecule has 0 spiro atoms. The van der Waals surface area contributed by atoms with Crippen molar-refractivity contribution < 1.29 is 4.79 Å². The van der Waals surface area contributed by atoms with Gasteiger partial charge in [-0.1, -0.05) is 0 Å². The van der Waals surface area contributed by atoms with E-state index in [0.29, 0.717) is 5.01 Å². The molecule has 1 heterocycles. The summed E-state index contributed by atoms with van der Waals surface area (Å²) in [7, 11) is 1.60. The van der Waals surface area contributed by atoms with Crippen LogP contribution in [0, 0.1) is 0 Å². The van der Waals surface area contributed by atoms with E-state index in [-0.39, 0.29) is 11.4 Å². The lowest BCUT2D eigenvalue weighted by Crippen LogP contribution is -2.26. The average Bonchev–Trinajstić information content (AvgIpc) is 2.48. The van der Waals surface area contributed by atoms with Gasteiger partial charge in [0, 0.05) is 18.0 Å². The minimum atomic E-state index is -0.142. The molecular weight excluding hydrogens is 198 g/mol. The number of carbonyl (C=O) groups is 1. The Morgan fingerprint density at radius 1 is 1.50 bits per heavy atom. The molecule has 0 radical (unpaired) electrons. The van der Waals surface area contributed by atoms with Crippen molar-refractivity contribution in [1.82, 2.24) is 10.3 Å². The van der Waals surface area contributed by atoms with Gasteiger partial charge in [-0.3, -0.25) is 4.79 Å². The minimum Gasteiger partial charge on any atom is -0.365 e. The molecule has 5 heteroatoms. The van der Waals surface area contributed by atoms with E-state index in [1.54, 1.807) is 7.05 Å². The lowest BCUT2D eigenvalue weighted by molar-refractivity contribution is 0.0963. The Bertz CT molecular complexity index is 327.